The number of nitrogens with one attached hydrogen (secondary N) is 2. The first-order chi connectivity index (χ1) is 11.3. The van der Waals surface area contributed by atoms with E-state index >= 15 is 0 Å². The van der Waals surface area contributed by atoms with Crippen LogP contribution in [0, 0.1) is 11.8 Å². The Kier molecular flexibility index (Phi) is 6.66. The van der Waals surface area contributed by atoms with Gasteiger partial charge < -0.3 is 10.6 Å². The summed E-state index contributed by atoms with van der Waals surface area (Å²) in [4.78, 5) is 12.1. The predicted octanol–water partition coefficient (Wildman–Crippen LogP) is 4.15. The second kappa shape index (κ2) is 8.51. The standard InChI is InChI=1S/C18H25F3N2O/c1-13(15-3-2-10-22-12-15)11-17(24)23-16-6-4-14(5-7-16)8-9-18(19,20)21/h4-7,13,15,22H,2-3,8-12H2,1H3,(H,23,24). The summed E-state index contributed by atoms with van der Waals surface area (Å²) in [6, 6.07) is 6.60. The molecular formula is C18H25F3N2O. The zero-order chi connectivity index (χ0) is 17.6. The maximum Gasteiger partial charge on any atom is 0.389 e. The van der Waals surface area contributed by atoms with Crippen molar-refractivity contribution in [2.75, 3.05) is 18.4 Å². The molecule has 6 heteroatoms. The molecule has 0 saturated carbocycles. The number of rotatable bonds is 6. The molecule has 1 amide bonds. The van der Waals surface area contributed by atoms with Gasteiger partial charge in [0.25, 0.3) is 0 Å². The highest BCUT2D eigenvalue weighted by molar-refractivity contribution is 5.90. The molecule has 1 heterocycles. The quantitative estimate of drug-likeness (QED) is 0.815. The molecule has 134 valence electrons. The molecular weight excluding hydrogens is 317 g/mol. The molecule has 1 saturated heterocycles. The van der Waals surface area contributed by atoms with Gasteiger partial charge in [0.15, 0.2) is 0 Å². The number of halogens is 3. The number of piperidine rings is 1. The number of alkyl halides is 3. The van der Waals surface area contributed by atoms with Gasteiger partial charge in [-0.15, -0.1) is 0 Å². The van der Waals surface area contributed by atoms with E-state index in [4.69, 9.17) is 0 Å². The third kappa shape index (κ3) is 6.51. The Balaban J connectivity index is 1.78. The lowest BCUT2D eigenvalue weighted by atomic mass is 9.85. The lowest BCUT2D eigenvalue weighted by Crippen LogP contribution is -2.34. The summed E-state index contributed by atoms with van der Waals surface area (Å²) in [6.07, 6.45) is -2.25. The number of aryl methyl sites for hydroxylation is 1. The molecule has 2 rings (SSSR count). The summed E-state index contributed by atoms with van der Waals surface area (Å²) >= 11 is 0. The Bertz CT molecular complexity index is 522. The van der Waals surface area contributed by atoms with Crippen LogP contribution in [0.4, 0.5) is 18.9 Å². The Labute approximate surface area is 141 Å². The molecule has 2 N–H and O–H groups in total. The van der Waals surface area contributed by atoms with Crippen molar-refractivity contribution in [3.8, 4) is 0 Å². The maximum absolute atomic E-state index is 12.2. The van der Waals surface area contributed by atoms with Crippen LogP contribution >= 0.6 is 0 Å². The normalized spacial score (nSPS) is 19.8. The predicted molar refractivity (Wildman–Crippen MR) is 88.8 cm³/mol. The van der Waals surface area contributed by atoms with E-state index in [9.17, 15) is 18.0 Å². The molecule has 3 nitrogen and oxygen atoms in total. The highest BCUT2D eigenvalue weighted by Gasteiger charge is 2.26. The lowest BCUT2D eigenvalue weighted by molar-refractivity contribution is -0.134. The fourth-order valence-corrected chi connectivity index (χ4v) is 3.08. The summed E-state index contributed by atoms with van der Waals surface area (Å²) in [6.45, 7) is 4.11. The summed E-state index contributed by atoms with van der Waals surface area (Å²) in [5.41, 5.74) is 1.25. The topological polar surface area (TPSA) is 41.1 Å². The van der Waals surface area contributed by atoms with Gasteiger partial charge in [0.1, 0.15) is 0 Å². The van der Waals surface area contributed by atoms with Crippen molar-refractivity contribution in [2.24, 2.45) is 11.8 Å². The number of carbonyl (C=O) groups is 1. The highest BCUT2D eigenvalue weighted by atomic mass is 19.4. The monoisotopic (exact) mass is 342 g/mol. The highest BCUT2D eigenvalue weighted by Crippen LogP contribution is 2.24. The van der Waals surface area contributed by atoms with E-state index in [0.29, 0.717) is 29.5 Å². The zero-order valence-corrected chi connectivity index (χ0v) is 14.0. The Morgan fingerprint density at radius 3 is 2.62 bits per heavy atom. The average Bonchev–Trinajstić information content (AvgIpc) is 2.54. The molecule has 2 unspecified atom stereocenters. The van der Waals surface area contributed by atoms with Crippen LogP contribution < -0.4 is 10.6 Å². The number of hydrogen-bond donors (Lipinski definition) is 2. The number of hydrogen-bond acceptors (Lipinski definition) is 2. The van der Waals surface area contributed by atoms with Gasteiger partial charge in [-0.1, -0.05) is 19.1 Å². The third-order valence-electron chi connectivity index (χ3n) is 4.58. The lowest BCUT2D eigenvalue weighted by Gasteiger charge is -2.28. The Hall–Kier alpha value is -1.56. The molecule has 0 bridgehead atoms. The molecule has 2 atom stereocenters. The van der Waals surface area contributed by atoms with Gasteiger partial charge in [0.05, 0.1) is 0 Å². The minimum Gasteiger partial charge on any atom is -0.326 e. The fraction of sp³-hybridized carbons (Fsp3) is 0.611. The number of anilines is 1. The van der Waals surface area contributed by atoms with Crippen molar-refractivity contribution >= 4 is 11.6 Å². The molecule has 1 aromatic carbocycles. The van der Waals surface area contributed by atoms with Gasteiger partial charge >= 0.3 is 6.18 Å². The number of carbonyl (C=O) groups excluding carboxylic acids is 1. The summed E-state index contributed by atoms with van der Waals surface area (Å²) in [5, 5.41) is 6.19. The van der Waals surface area contributed by atoms with Gasteiger partial charge in [-0.2, -0.15) is 13.2 Å². The molecule has 24 heavy (non-hydrogen) atoms. The van der Waals surface area contributed by atoms with Crippen molar-refractivity contribution in [3.05, 3.63) is 29.8 Å². The van der Waals surface area contributed by atoms with Gasteiger partial charge in [-0.05, 0) is 61.9 Å². The third-order valence-corrected chi connectivity index (χ3v) is 4.58. The van der Waals surface area contributed by atoms with Crippen molar-refractivity contribution in [1.82, 2.24) is 5.32 Å². The molecule has 1 aromatic rings. The number of amides is 1. The van der Waals surface area contributed by atoms with E-state index in [1.807, 2.05) is 0 Å². The first-order valence-corrected chi connectivity index (χ1v) is 8.50. The van der Waals surface area contributed by atoms with E-state index in [2.05, 4.69) is 17.6 Å². The van der Waals surface area contributed by atoms with Gasteiger partial charge in [0.2, 0.25) is 5.91 Å². The summed E-state index contributed by atoms with van der Waals surface area (Å²) < 4.78 is 36.6. The molecule has 0 aliphatic carbocycles. The van der Waals surface area contributed by atoms with Crippen molar-refractivity contribution in [3.63, 3.8) is 0 Å². The summed E-state index contributed by atoms with van der Waals surface area (Å²) in [5.74, 6) is 0.786. The molecule has 0 aromatic heterocycles. The zero-order valence-electron chi connectivity index (χ0n) is 14.0. The van der Waals surface area contributed by atoms with Crippen molar-refractivity contribution in [1.29, 1.82) is 0 Å². The summed E-state index contributed by atoms with van der Waals surface area (Å²) in [7, 11) is 0. The maximum atomic E-state index is 12.2. The van der Waals surface area contributed by atoms with Crippen LogP contribution in [-0.4, -0.2) is 25.2 Å². The van der Waals surface area contributed by atoms with E-state index in [0.717, 1.165) is 25.9 Å². The van der Waals surface area contributed by atoms with Gasteiger partial charge in [0, 0.05) is 18.5 Å². The Morgan fingerprint density at radius 2 is 2.04 bits per heavy atom. The number of benzene rings is 1. The smallest absolute Gasteiger partial charge is 0.326 e. The van der Waals surface area contributed by atoms with Crippen LogP contribution in [0.1, 0.15) is 38.2 Å². The Morgan fingerprint density at radius 1 is 1.33 bits per heavy atom. The fourth-order valence-electron chi connectivity index (χ4n) is 3.08. The van der Waals surface area contributed by atoms with Gasteiger partial charge in [-0.25, -0.2) is 0 Å². The minimum atomic E-state index is -4.14. The molecule has 0 spiro atoms. The molecule has 0 radical (unpaired) electrons. The molecule has 1 aliphatic heterocycles. The molecule has 1 aliphatic rings. The van der Waals surface area contributed by atoms with E-state index in [1.54, 1.807) is 24.3 Å². The van der Waals surface area contributed by atoms with Crippen molar-refractivity contribution < 1.29 is 18.0 Å². The van der Waals surface area contributed by atoms with Gasteiger partial charge in [-0.3, -0.25) is 4.79 Å². The van der Waals surface area contributed by atoms with Crippen molar-refractivity contribution in [2.45, 2.75) is 45.2 Å². The minimum absolute atomic E-state index is 0.0383. The first kappa shape index (κ1) is 18.8. The van der Waals surface area contributed by atoms with E-state index in [-0.39, 0.29) is 12.3 Å². The van der Waals surface area contributed by atoms with E-state index < -0.39 is 12.6 Å². The molecule has 1 fully saturated rings. The average molecular weight is 342 g/mol. The van der Waals surface area contributed by atoms with Crippen LogP contribution in [0.15, 0.2) is 24.3 Å². The van der Waals surface area contributed by atoms with Crippen LogP contribution in [0.25, 0.3) is 0 Å². The first-order valence-electron chi connectivity index (χ1n) is 8.50. The SMILES string of the molecule is CC(CC(=O)Nc1ccc(CCC(F)(F)F)cc1)C1CCCNC1. The second-order valence-electron chi connectivity index (χ2n) is 6.65. The second-order valence-corrected chi connectivity index (χ2v) is 6.65. The van der Waals surface area contributed by atoms with Crippen LogP contribution in [-0.2, 0) is 11.2 Å². The van der Waals surface area contributed by atoms with E-state index in [1.165, 1.54) is 0 Å². The van der Waals surface area contributed by atoms with Crippen LogP contribution in [0.3, 0.4) is 0 Å². The largest absolute Gasteiger partial charge is 0.389 e. The van der Waals surface area contributed by atoms with Crippen LogP contribution in [0.5, 0.6) is 0 Å². The van der Waals surface area contributed by atoms with Crippen LogP contribution in [0.2, 0.25) is 0 Å².